The lowest BCUT2D eigenvalue weighted by Crippen LogP contribution is -2.47. The van der Waals surface area contributed by atoms with Crippen LogP contribution in [0.15, 0.2) is 96.0 Å². The molecule has 0 saturated carbocycles. The Bertz CT molecular complexity index is 1030. The Morgan fingerprint density at radius 1 is 0.812 bits per heavy atom. The molecule has 2 aliphatic heterocycles. The summed E-state index contributed by atoms with van der Waals surface area (Å²) in [4.78, 5) is 18.8. The maximum absolute atomic E-state index is 13.6. The van der Waals surface area contributed by atoms with Gasteiger partial charge in [-0.3, -0.25) is 4.99 Å². The zero-order valence-electron chi connectivity index (χ0n) is 18.0. The van der Waals surface area contributed by atoms with E-state index in [9.17, 15) is 4.79 Å². The highest BCUT2D eigenvalue weighted by Crippen LogP contribution is 2.42. The van der Waals surface area contributed by atoms with E-state index in [-0.39, 0.29) is 24.8 Å². The number of aliphatic imine (C=N–C) groups is 1. The maximum Gasteiger partial charge on any atom is 0.334 e. The predicted molar refractivity (Wildman–Crippen MR) is 125 cm³/mol. The van der Waals surface area contributed by atoms with Gasteiger partial charge < -0.3 is 9.47 Å². The molecule has 3 aromatic rings. The molecule has 2 atom stereocenters. The summed E-state index contributed by atoms with van der Waals surface area (Å²) < 4.78 is 11.9. The van der Waals surface area contributed by atoms with Gasteiger partial charge in [-0.2, -0.15) is 0 Å². The van der Waals surface area contributed by atoms with E-state index < -0.39 is 5.54 Å². The second-order valence-corrected chi connectivity index (χ2v) is 8.65. The number of hydrogen-bond donors (Lipinski definition) is 0. The van der Waals surface area contributed by atoms with Crippen LogP contribution in [0.1, 0.15) is 42.4 Å². The van der Waals surface area contributed by atoms with Crippen LogP contribution in [0.25, 0.3) is 0 Å². The summed E-state index contributed by atoms with van der Waals surface area (Å²) in [5.41, 5.74) is 2.84. The molecular formula is C28H27NO3. The minimum Gasteiger partial charge on any atom is -0.459 e. The summed E-state index contributed by atoms with van der Waals surface area (Å²) in [5.74, 6) is -0.258. The molecule has 2 heterocycles. The van der Waals surface area contributed by atoms with Gasteiger partial charge in [0.25, 0.3) is 0 Å². The normalized spacial score (nSPS) is 24.0. The molecule has 0 radical (unpaired) electrons. The quantitative estimate of drug-likeness (QED) is 0.395. The molecule has 0 spiro atoms. The monoisotopic (exact) mass is 425 g/mol. The molecule has 2 bridgehead atoms. The average Bonchev–Trinajstić information content (AvgIpc) is 3.21. The van der Waals surface area contributed by atoms with Crippen molar-refractivity contribution in [3.8, 4) is 0 Å². The van der Waals surface area contributed by atoms with Gasteiger partial charge in [0.2, 0.25) is 0 Å². The van der Waals surface area contributed by atoms with Crippen LogP contribution in [0.2, 0.25) is 0 Å². The number of ether oxygens (including phenoxy) is 2. The third-order valence-electron chi connectivity index (χ3n) is 6.34. The fourth-order valence-corrected chi connectivity index (χ4v) is 4.78. The van der Waals surface area contributed by atoms with Crippen LogP contribution in [0.5, 0.6) is 0 Å². The van der Waals surface area contributed by atoms with Crippen LogP contribution in [0, 0.1) is 0 Å². The zero-order chi connectivity index (χ0) is 21.8. The summed E-state index contributed by atoms with van der Waals surface area (Å²) in [5, 5.41) is 0. The highest BCUT2D eigenvalue weighted by molar-refractivity contribution is 6.13. The molecule has 162 valence electrons. The van der Waals surface area contributed by atoms with Crippen molar-refractivity contribution in [2.75, 3.05) is 0 Å². The van der Waals surface area contributed by atoms with Crippen LogP contribution in [-0.2, 0) is 20.9 Å². The van der Waals surface area contributed by atoms with Gasteiger partial charge in [-0.05, 0) is 18.4 Å². The first-order chi connectivity index (χ1) is 15.7. The van der Waals surface area contributed by atoms with Crippen molar-refractivity contribution in [3.63, 3.8) is 0 Å². The number of hydrogen-bond acceptors (Lipinski definition) is 4. The van der Waals surface area contributed by atoms with E-state index in [2.05, 4.69) is 0 Å². The second-order valence-electron chi connectivity index (χ2n) is 8.65. The first kappa shape index (κ1) is 20.7. The summed E-state index contributed by atoms with van der Waals surface area (Å²) in [6.07, 6.45) is 3.16. The lowest BCUT2D eigenvalue weighted by molar-refractivity contribution is -0.158. The SMILES string of the molecule is O=C(OCc1ccccc1)C1(N=C(c2ccccc2)c2ccccc2)CC2CCC(C1)O2. The van der Waals surface area contributed by atoms with Crippen molar-refractivity contribution in [1.82, 2.24) is 0 Å². The number of nitrogens with zero attached hydrogens (tertiary/aromatic N) is 1. The highest BCUT2D eigenvalue weighted by Gasteiger charge is 2.51. The summed E-state index contributed by atoms with van der Waals surface area (Å²) >= 11 is 0. The molecular weight excluding hydrogens is 398 g/mol. The number of fused-ring (bicyclic) bond motifs is 2. The highest BCUT2D eigenvalue weighted by atomic mass is 16.5. The van der Waals surface area contributed by atoms with Gasteiger partial charge in [0.05, 0.1) is 17.9 Å². The molecule has 2 saturated heterocycles. The Balaban J connectivity index is 1.54. The number of rotatable bonds is 6. The lowest BCUT2D eigenvalue weighted by Gasteiger charge is -2.36. The van der Waals surface area contributed by atoms with Crippen LogP contribution in [-0.4, -0.2) is 29.4 Å². The van der Waals surface area contributed by atoms with Crippen molar-refractivity contribution in [1.29, 1.82) is 0 Å². The smallest absolute Gasteiger partial charge is 0.334 e. The molecule has 32 heavy (non-hydrogen) atoms. The van der Waals surface area contributed by atoms with Gasteiger partial charge in [0.1, 0.15) is 6.61 Å². The summed E-state index contributed by atoms with van der Waals surface area (Å²) in [6.45, 7) is 0.249. The van der Waals surface area contributed by atoms with E-state index in [4.69, 9.17) is 14.5 Å². The van der Waals surface area contributed by atoms with E-state index >= 15 is 0 Å². The lowest BCUT2D eigenvalue weighted by atomic mass is 9.86. The van der Waals surface area contributed by atoms with Gasteiger partial charge in [0.15, 0.2) is 5.54 Å². The van der Waals surface area contributed by atoms with E-state index in [1.54, 1.807) is 0 Å². The molecule has 2 aliphatic rings. The van der Waals surface area contributed by atoms with Gasteiger partial charge >= 0.3 is 5.97 Å². The van der Waals surface area contributed by atoms with Gasteiger partial charge in [-0.15, -0.1) is 0 Å². The Labute approximate surface area is 188 Å². The topological polar surface area (TPSA) is 47.9 Å². The van der Waals surface area contributed by atoms with E-state index in [0.717, 1.165) is 35.2 Å². The zero-order valence-corrected chi connectivity index (χ0v) is 18.0. The second kappa shape index (κ2) is 9.09. The van der Waals surface area contributed by atoms with Gasteiger partial charge in [0, 0.05) is 24.0 Å². The molecule has 0 aromatic heterocycles. The van der Waals surface area contributed by atoms with Crippen molar-refractivity contribution < 1.29 is 14.3 Å². The van der Waals surface area contributed by atoms with Gasteiger partial charge in [-0.25, -0.2) is 4.79 Å². The van der Waals surface area contributed by atoms with Crippen LogP contribution >= 0.6 is 0 Å². The Kier molecular flexibility index (Phi) is 5.87. The molecule has 4 heteroatoms. The average molecular weight is 426 g/mol. The van der Waals surface area contributed by atoms with Crippen molar-refractivity contribution in [2.45, 2.75) is 50.0 Å². The first-order valence-electron chi connectivity index (χ1n) is 11.3. The molecule has 0 N–H and O–H groups in total. The predicted octanol–water partition coefficient (Wildman–Crippen LogP) is 5.35. The number of carbonyl (C=O) groups excluding carboxylic acids is 1. The van der Waals surface area contributed by atoms with Crippen LogP contribution < -0.4 is 0 Å². The van der Waals surface area contributed by atoms with Crippen LogP contribution in [0.3, 0.4) is 0 Å². The molecule has 4 nitrogen and oxygen atoms in total. The van der Waals surface area contributed by atoms with E-state index in [1.165, 1.54) is 0 Å². The van der Waals surface area contributed by atoms with Crippen molar-refractivity contribution in [2.24, 2.45) is 4.99 Å². The number of carbonyl (C=O) groups is 1. The fraction of sp³-hybridized carbons (Fsp3) is 0.286. The first-order valence-corrected chi connectivity index (χ1v) is 11.3. The third kappa shape index (κ3) is 4.37. The van der Waals surface area contributed by atoms with E-state index in [1.807, 2.05) is 91.0 Å². The Morgan fingerprint density at radius 3 is 1.84 bits per heavy atom. The Hall–Kier alpha value is -3.24. The molecule has 2 fully saturated rings. The minimum atomic E-state index is -0.945. The third-order valence-corrected chi connectivity index (χ3v) is 6.34. The molecule has 5 rings (SSSR count). The van der Waals surface area contributed by atoms with Gasteiger partial charge in [-0.1, -0.05) is 91.0 Å². The van der Waals surface area contributed by atoms with Crippen LogP contribution in [0.4, 0.5) is 0 Å². The molecule has 0 aliphatic carbocycles. The standard InChI is InChI=1S/C28H27NO3/c30-27(31-20-21-10-4-1-5-11-21)28(18-24-16-17-25(19-28)32-24)29-26(22-12-6-2-7-13-22)23-14-8-3-9-15-23/h1-15,24-25H,16-20H2. The maximum atomic E-state index is 13.6. The minimum absolute atomic E-state index is 0.0505. The Morgan fingerprint density at radius 2 is 1.31 bits per heavy atom. The number of benzene rings is 3. The summed E-state index contributed by atoms with van der Waals surface area (Å²) in [7, 11) is 0. The number of esters is 1. The van der Waals surface area contributed by atoms with Crippen molar-refractivity contribution in [3.05, 3.63) is 108 Å². The van der Waals surface area contributed by atoms with E-state index in [0.29, 0.717) is 12.8 Å². The van der Waals surface area contributed by atoms with Crippen molar-refractivity contribution >= 4 is 11.7 Å². The molecule has 3 aromatic carbocycles. The molecule has 2 unspecified atom stereocenters. The largest absolute Gasteiger partial charge is 0.459 e. The summed E-state index contributed by atoms with van der Waals surface area (Å²) in [6, 6.07) is 30.0. The fourth-order valence-electron chi connectivity index (χ4n) is 4.78. The molecule has 0 amide bonds.